The molecule has 0 aliphatic carbocycles. The highest BCUT2D eigenvalue weighted by atomic mass is 19.4. The number of nitrogen functional groups attached to an aromatic ring is 1. The van der Waals surface area contributed by atoms with Gasteiger partial charge in [0.25, 0.3) is 5.91 Å². The number of rotatable bonds is 3. The van der Waals surface area contributed by atoms with E-state index in [-0.39, 0.29) is 12.1 Å². The zero-order valence-corrected chi connectivity index (χ0v) is 10.7. The Morgan fingerprint density at radius 1 is 1.24 bits per heavy atom. The third-order valence-electron chi connectivity index (χ3n) is 2.71. The summed E-state index contributed by atoms with van der Waals surface area (Å²) in [5, 5.41) is 9.82. The molecule has 1 amide bonds. The molecular formula is C13H11F3N4O. The van der Waals surface area contributed by atoms with Crippen LogP contribution in [0.1, 0.15) is 21.6 Å². The molecule has 2 aromatic rings. The maximum absolute atomic E-state index is 12.7. The molecule has 21 heavy (non-hydrogen) atoms. The molecule has 0 saturated heterocycles. The smallest absolute Gasteiger partial charge is 0.398 e. The number of amides is 1. The summed E-state index contributed by atoms with van der Waals surface area (Å²) in [7, 11) is 0. The Morgan fingerprint density at radius 2 is 2.00 bits per heavy atom. The lowest BCUT2D eigenvalue weighted by Gasteiger charge is -2.13. The second kappa shape index (κ2) is 5.78. The van der Waals surface area contributed by atoms with Gasteiger partial charge in [0.05, 0.1) is 29.1 Å². The van der Waals surface area contributed by atoms with E-state index in [2.05, 4.69) is 15.5 Å². The highest BCUT2D eigenvalue weighted by Crippen LogP contribution is 2.34. The van der Waals surface area contributed by atoms with Crippen LogP contribution in [-0.4, -0.2) is 16.1 Å². The van der Waals surface area contributed by atoms with Gasteiger partial charge >= 0.3 is 6.18 Å². The molecule has 0 bridgehead atoms. The van der Waals surface area contributed by atoms with E-state index in [4.69, 9.17) is 5.73 Å². The minimum Gasteiger partial charge on any atom is -0.398 e. The van der Waals surface area contributed by atoms with Crippen LogP contribution in [0.25, 0.3) is 0 Å². The zero-order chi connectivity index (χ0) is 15.5. The Kier molecular flexibility index (Phi) is 4.06. The SMILES string of the molecule is Nc1c(C(=O)NCc2cccnn2)cccc1C(F)(F)F. The zero-order valence-electron chi connectivity index (χ0n) is 10.7. The monoisotopic (exact) mass is 296 g/mol. The summed E-state index contributed by atoms with van der Waals surface area (Å²) >= 11 is 0. The van der Waals surface area contributed by atoms with Crippen LogP contribution in [0, 0.1) is 0 Å². The van der Waals surface area contributed by atoms with Crippen molar-refractivity contribution in [3.63, 3.8) is 0 Å². The topological polar surface area (TPSA) is 80.9 Å². The Hall–Kier alpha value is -2.64. The molecule has 1 aromatic heterocycles. The normalized spacial score (nSPS) is 11.2. The van der Waals surface area contributed by atoms with Crippen LogP contribution in [-0.2, 0) is 12.7 Å². The van der Waals surface area contributed by atoms with Crippen molar-refractivity contribution in [1.29, 1.82) is 0 Å². The van der Waals surface area contributed by atoms with Gasteiger partial charge in [-0.3, -0.25) is 4.79 Å². The molecule has 0 spiro atoms. The number of hydrogen-bond acceptors (Lipinski definition) is 4. The number of halogens is 3. The lowest BCUT2D eigenvalue weighted by atomic mass is 10.1. The number of anilines is 1. The van der Waals surface area contributed by atoms with Crippen molar-refractivity contribution in [3.8, 4) is 0 Å². The summed E-state index contributed by atoms with van der Waals surface area (Å²) in [6.07, 6.45) is -3.14. The first kappa shape index (κ1) is 14.8. The molecule has 0 aliphatic heterocycles. The molecule has 5 nitrogen and oxygen atoms in total. The number of carbonyl (C=O) groups is 1. The van der Waals surface area contributed by atoms with E-state index < -0.39 is 23.3 Å². The van der Waals surface area contributed by atoms with Gasteiger partial charge in [0.2, 0.25) is 0 Å². The third-order valence-corrected chi connectivity index (χ3v) is 2.71. The first-order valence-corrected chi connectivity index (χ1v) is 5.90. The Balaban J connectivity index is 2.17. The molecule has 0 fully saturated rings. The fourth-order valence-electron chi connectivity index (χ4n) is 1.70. The molecule has 0 unspecified atom stereocenters. The van der Waals surface area contributed by atoms with Gasteiger partial charge in [-0.15, -0.1) is 0 Å². The fourth-order valence-corrected chi connectivity index (χ4v) is 1.70. The van der Waals surface area contributed by atoms with Crippen LogP contribution in [0.15, 0.2) is 36.5 Å². The predicted octanol–water partition coefficient (Wildman–Crippen LogP) is 2.01. The summed E-state index contributed by atoms with van der Waals surface area (Å²) < 4.78 is 38.1. The molecule has 110 valence electrons. The summed E-state index contributed by atoms with van der Waals surface area (Å²) in [6.45, 7) is 0.0440. The van der Waals surface area contributed by atoms with Crippen molar-refractivity contribution < 1.29 is 18.0 Å². The minimum atomic E-state index is -4.61. The summed E-state index contributed by atoms with van der Waals surface area (Å²) in [5.74, 6) is -0.704. The number of nitrogens with zero attached hydrogens (tertiary/aromatic N) is 2. The first-order chi connectivity index (χ1) is 9.89. The van der Waals surface area contributed by atoms with Crippen LogP contribution < -0.4 is 11.1 Å². The second-order valence-corrected chi connectivity index (χ2v) is 4.16. The molecule has 0 radical (unpaired) electrons. The number of nitrogens with one attached hydrogen (secondary N) is 1. The number of benzene rings is 1. The maximum Gasteiger partial charge on any atom is 0.418 e. The molecule has 1 heterocycles. The summed E-state index contributed by atoms with van der Waals surface area (Å²) in [5.41, 5.74) is 4.06. The molecule has 2 rings (SSSR count). The van der Waals surface area contributed by atoms with Crippen molar-refractivity contribution >= 4 is 11.6 Å². The third kappa shape index (κ3) is 3.47. The number of alkyl halides is 3. The number of carbonyl (C=O) groups excluding carboxylic acids is 1. The van der Waals surface area contributed by atoms with Gasteiger partial charge in [-0.25, -0.2) is 0 Å². The van der Waals surface area contributed by atoms with E-state index in [1.807, 2.05) is 0 Å². The summed E-state index contributed by atoms with van der Waals surface area (Å²) in [6, 6.07) is 6.46. The predicted molar refractivity (Wildman–Crippen MR) is 69.1 cm³/mol. The van der Waals surface area contributed by atoms with Crippen molar-refractivity contribution in [3.05, 3.63) is 53.3 Å². The molecule has 3 N–H and O–H groups in total. The van der Waals surface area contributed by atoms with Crippen LogP contribution in [0.5, 0.6) is 0 Å². The number of nitrogens with two attached hydrogens (primary N) is 1. The molecular weight excluding hydrogens is 285 g/mol. The second-order valence-electron chi connectivity index (χ2n) is 4.16. The van der Waals surface area contributed by atoms with Crippen molar-refractivity contribution in [1.82, 2.24) is 15.5 Å². The van der Waals surface area contributed by atoms with E-state index in [1.165, 1.54) is 12.3 Å². The standard InChI is InChI=1S/C13H11F3N4O/c14-13(15,16)10-5-1-4-9(11(10)17)12(21)18-7-8-3-2-6-19-20-8/h1-6H,7,17H2,(H,18,21). The Morgan fingerprint density at radius 3 is 2.62 bits per heavy atom. The van der Waals surface area contributed by atoms with Gasteiger partial charge in [-0.1, -0.05) is 6.07 Å². The first-order valence-electron chi connectivity index (χ1n) is 5.90. The van der Waals surface area contributed by atoms with Crippen LogP contribution in [0.2, 0.25) is 0 Å². The van der Waals surface area contributed by atoms with Crippen LogP contribution >= 0.6 is 0 Å². The number of aromatic nitrogens is 2. The lowest BCUT2D eigenvalue weighted by Crippen LogP contribution is -2.25. The van der Waals surface area contributed by atoms with Gasteiger partial charge in [-0.2, -0.15) is 23.4 Å². The minimum absolute atomic E-state index is 0.0440. The van der Waals surface area contributed by atoms with Gasteiger partial charge in [-0.05, 0) is 24.3 Å². The average molecular weight is 296 g/mol. The fraction of sp³-hybridized carbons (Fsp3) is 0.154. The molecule has 0 atom stereocenters. The molecule has 0 aliphatic rings. The average Bonchev–Trinajstić information content (AvgIpc) is 2.45. The Bertz CT molecular complexity index is 644. The van der Waals surface area contributed by atoms with E-state index in [9.17, 15) is 18.0 Å². The highest BCUT2D eigenvalue weighted by molar-refractivity contribution is 5.99. The lowest BCUT2D eigenvalue weighted by molar-refractivity contribution is -0.136. The number of hydrogen-bond donors (Lipinski definition) is 2. The largest absolute Gasteiger partial charge is 0.418 e. The van der Waals surface area contributed by atoms with E-state index in [1.54, 1.807) is 12.1 Å². The maximum atomic E-state index is 12.7. The molecule has 8 heteroatoms. The van der Waals surface area contributed by atoms with Gasteiger partial charge in [0.15, 0.2) is 0 Å². The Labute approximate surface area is 118 Å². The summed E-state index contributed by atoms with van der Waals surface area (Å²) in [4.78, 5) is 11.9. The van der Waals surface area contributed by atoms with E-state index >= 15 is 0 Å². The van der Waals surface area contributed by atoms with Gasteiger partial charge < -0.3 is 11.1 Å². The molecule has 0 saturated carbocycles. The van der Waals surface area contributed by atoms with E-state index in [0.29, 0.717) is 5.69 Å². The quantitative estimate of drug-likeness (QED) is 0.849. The van der Waals surface area contributed by atoms with Crippen LogP contribution in [0.3, 0.4) is 0 Å². The number of para-hydroxylation sites is 1. The highest BCUT2D eigenvalue weighted by Gasteiger charge is 2.34. The molecule has 1 aromatic carbocycles. The van der Waals surface area contributed by atoms with Crippen molar-refractivity contribution in [2.45, 2.75) is 12.7 Å². The van der Waals surface area contributed by atoms with Gasteiger partial charge in [0, 0.05) is 6.20 Å². The van der Waals surface area contributed by atoms with Gasteiger partial charge in [0.1, 0.15) is 0 Å². The van der Waals surface area contributed by atoms with Crippen LogP contribution in [0.4, 0.5) is 18.9 Å². The van der Waals surface area contributed by atoms with Crippen molar-refractivity contribution in [2.75, 3.05) is 5.73 Å². The van der Waals surface area contributed by atoms with Crippen molar-refractivity contribution in [2.24, 2.45) is 0 Å². The van der Waals surface area contributed by atoms with E-state index in [0.717, 1.165) is 12.1 Å².